The Labute approximate surface area is 152 Å². The molecule has 0 unspecified atom stereocenters. The second-order valence-corrected chi connectivity index (χ2v) is 8.96. The molecule has 0 radical (unpaired) electrons. The van der Waals surface area contributed by atoms with Gasteiger partial charge in [-0.1, -0.05) is 24.3 Å². The molecule has 26 heavy (non-hydrogen) atoms. The lowest BCUT2D eigenvalue weighted by atomic mass is 10.1. The largest absolute Gasteiger partial charge is 0.454 e. The van der Waals surface area contributed by atoms with E-state index in [-0.39, 0.29) is 11.3 Å². The molecule has 3 aliphatic rings. The van der Waals surface area contributed by atoms with E-state index in [1.807, 2.05) is 48.5 Å². The fourth-order valence-corrected chi connectivity index (χ4v) is 4.91. The first-order valence-electron chi connectivity index (χ1n) is 8.81. The maximum absolute atomic E-state index is 12.1. The molecule has 2 heterocycles. The number of hydrogen-bond donors (Lipinski definition) is 1. The third-order valence-electron chi connectivity index (χ3n) is 4.91. The molecule has 0 spiro atoms. The molecule has 1 N–H and O–H groups in total. The minimum atomic E-state index is -3.16. The van der Waals surface area contributed by atoms with E-state index in [9.17, 15) is 8.42 Å². The molecule has 1 saturated heterocycles. The molecule has 0 bridgehead atoms. The zero-order valence-corrected chi connectivity index (χ0v) is 14.9. The van der Waals surface area contributed by atoms with Crippen molar-refractivity contribution < 1.29 is 13.2 Å². The summed E-state index contributed by atoms with van der Waals surface area (Å²) < 4.78 is 33.1. The normalized spacial score (nSPS) is 19.5. The monoisotopic (exact) mass is 369 g/mol. The fourth-order valence-electron chi connectivity index (χ4n) is 3.34. The summed E-state index contributed by atoms with van der Waals surface area (Å²) in [6.07, 6.45) is 1.56. The van der Waals surface area contributed by atoms with Gasteiger partial charge in [-0.25, -0.2) is 18.1 Å². The van der Waals surface area contributed by atoms with Crippen molar-refractivity contribution in [3.05, 3.63) is 54.1 Å². The van der Waals surface area contributed by atoms with Crippen LogP contribution in [0.3, 0.4) is 0 Å². The van der Waals surface area contributed by atoms with Crippen molar-refractivity contribution in [2.24, 2.45) is 4.99 Å². The highest BCUT2D eigenvalue weighted by molar-refractivity contribution is 7.90. The van der Waals surface area contributed by atoms with Gasteiger partial charge in [-0.05, 0) is 37.1 Å². The summed E-state index contributed by atoms with van der Waals surface area (Å²) in [5, 5.41) is -0.187. The zero-order chi connectivity index (χ0) is 17.7. The van der Waals surface area contributed by atoms with E-state index in [1.165, 1.54) is 0 Å². The fraction of sp³-hybridized carbons (Fsp3) is 0.316. The smallest absolute Gasteiger partial charge is 0.214 e. The van der Waals surface area contributed by atoms with Crippen LogP contribution in [0.15, 0.2) is 53.5 Å². The first kappa shape index (κ1) is 15.8. The number of rotatable bonds is 3. The Morgan fingerprint density at radius 3 is 2.46 bits per heavy atom. The van der Waals surface area contributed by atoms with Crippen molar-refractivity contribution in [1.82, 2.24) is 9.62 Å². The number of amidine groups is 1. The summed E-state index contributed by atoms with van der Waals surface area (Å²) in [4.78, 5) is 6.92. The summed E-state index contributed by atoms with van der Waals surface area (Å²) in [6, 6.07) is 15.4. The average molecular weight is 369 g/mol. The molecule has 134 valence electrons. The van der Waals surface area contributed by atoms with E-state index in [0.717, 1.165) is 41.4 Å². The Kier molecular flexibility index (Phi) is 3.55. The van der Waals surface area contributed by atoms with Gasteiger partial charge in [0.1, 0.15) is 17.3 Å². The first-order valence-corrected chi connectivity index (χ1v) is 10.4. The second kappa shape index (κ2) is 5.82. The van der Waals surface area contributed by atoms with Crippen molar-refractivity contribution in [2.45, 2.75) is 24.1 Å². The topological polar surface area (TPSA) is 71.0 Å². The van der Waals surface area contributed by atoms with Crippen LogP contribution >= 0.6 is 0 Å². The van der Waals surface area contributed by atoms with Gasteiger partial charge >= 0.3 is 0 Å². The van der Waals surface area contributed by atoms with Crippen LogP contribution in [0, 0.1) is 0 Å². The summed E-state index contributed by atoms with van der Waals surface area (Å²) >= 11 is 0. The highest BCUT2D eigenvalue weighted by Gasteiger charge is 2.40. The number of benzene rings is 2. The van der Waals surface area contributed by atoms with Gasteiger partial charge in [-0.15, -0.1) is 0 Å². The van der Waals surface area contributed by atoms with Crippen LogP contribution in [-0.2, 0) is 10.0 Å². The Balaban J connectivity index is 1.42. The zero-order valence-electron chi connectivity index (χ0n) is 14.1. The predicted molar refractivity (Wildman–Crippen MR) is 99.6 cm³/mol. The van der Waals surface area contributed by atoms with Crippen LogP contribution in [0.1, 0.15) is 18.4 Å². The van der Waals surface area contributed by atoms with E-state index >= 15 is 0 Å². The van der Waals surface area contributed by atoms with Crippen LogP contribution in [-0.4, -0.2) is 43.5 Å². The van der Waals surface area contributed by atoms with Crippen molar-refractivity contribution in [3.8, 4) is 11.5 Å². The van der Waals surface area contributed by atoms with E-state index < -0.39 is 10.0 Å². The van der Waals surface area contributed by atoms with Gasteiger partial charge in [-0.3, -0.25) is 0 Å². The third-order valence-corrected chi connectivity index (χ3v) is 6.93. The van der Waals surface area contributed by atoms with Crippen molar-refractivity contribution >= 4 is 21.5 Å². The molecule has 7 heteroatoms. The Morgan fingerprint density at radius 2 is 1.69 bits per heavy atom. The lowest BCUT2D eigenvalue weighted by Gasteiger charge is -2.41. The SMILES string of the molecule is O=S(=O)(NC1CN(C2=Nc3ccccc3Oc3ccccc32)C1)C1CC1. The number of sulfonamides is 1. The van der Waals surface area contributed by atoms with Gasteiger partial charge in [0.15, 0.2) is 5.75 Å². The van der Waals surface area contributed by atoms with Crippen molar-refractivity contribution in [1.29, 1.82) is 0 Å². The van der Waals surface area contributed by atoms with Crippen LogP contribution < -0.4 is 9.46 Å². The number of hydrogen-bond acceptors (Lipinski definition) is 5. The number of likely N-dealkylation sites (tertiary alicyclic amines) is 1. The number of nitrogens with one attached hydrogen (secondary N) is 1. The van der Waals surface area contributed by atoms with E-state index in [2.05, 4.69) is 9.62 Å². The number of para-hydroxylation sites is 3. The van der Waals surface area contributed by atoms with Crippen LogP contribution in [0.2, 0.25) is 0 Å². The Bertz CT molecular complexity index is 993. The minimum absolute atomic E-state index is 0.0603. The Morgan fingerprint density at radius 1 is 1.00 bits per heavy atom. The molecular weight excluding hydrogens is 350 g/mol. The number of nitrogens with zero attached hydrogens (tertiary/aromatic N) is 2. The standard InChI is InChI=1S/C19H19N3O3S/c23-26(24,14-9-10-14)21-13-11-22(12-13)19-15-5-1-3-7-17(15)25-18-8-4-2-6-16(18)20-19/h1-8,13-14,21H,9-12H2. The summed E-state index contributed by atoms with van der Waals surface area (Å²) in [6.45, 7) is 1.22. The van der Waals surface area contributed by atoms with E-state index in [1.54, 1.807) is 0 Å². The summed E-state index contributed by atoms with van der Waals surface area (Å²) in [5.41, 5.74) is 1.70. The molecule has 1 saturated carbocycles. The summed E-state index contributed by atoms with van der Waals surface area (Å²) in [5.74, 6) is 2.31. The first-order chi connectivity index (χ1) is 12.6. The van der Waals surface area contributed by atoms with Gasteiger partial charge in [0.2, 0.25) is 10.0 Å². The number of fused-ring (bicyclic) bond motifs is 2. The molecule has 0 amide bonds. The van der Waals surface area contributed by atoms with Gasteiger partial charge in [0.05, 0.1) is 16.9 Å². The van der Waals surface area contributed by atoms with E-state index in [4.69, 9.17) is 9.73 Å². The molecular formula is C19H19N3O3S. The molecule has 2 aromatic carbocycles. The quantitative estimate of drug-likeness (QED) is 0.903. The maximum Gasteiger partial charge on any atom is 0.214 e. The average Bonchev–Trinajstić information content (AvgIpc) is 3.44. The highest BCUT2D eigenvalue weighted by Crippen LogP contribution is 2.38. The molecule has 2 aliphatic heterocycles. The lowest BCUT2D eigenvalue weighted by Crippen LogP contribution is -2.61. The molecule has 0 atom stereocenters. The molecule has 2 aromatic rings. The third kappa shape index (κ3) is 2.77. The molecule has 5 rings (SSSR count). The van der Waals surface area contributed by atoms with E-state index in [0.29, 0.717) is 13.1 Å². The molecule has 0 aromatic heterocycles. The molecule has 1 aliphatic carbocycles. The van der Waals surface area contributed by atoms with Gasteiger partial charge in [0.25, 0.3) is 0 Å². The predicted octanol–water partition coefficient (Wildman–Crippen LogP) is 2.64. The lowest BCUT2D eigenvalue weighted by molar-refractivity contribution is 0.239. The van der Waals surface area contributed by atoms with Gasteiger partial charge < -0.3 is 9.64 Å². The maximum atomic E-state index is 12.1. The van der Waals surface area contributed by atoms with Gasteiger partial charge in [0, 0.05) is 13.1 Å². The number of ether oxygens (including phenoxy) is 1. The van der Waals surface area contributed by atoms with Gasteiger partial charge in [-0.2, -0.15) is 0 Å². The minimum Gasteiger partial charge on any atom is -0.454 e. The van der Waals surface area contributed by atoms with Crippen molar-refractivity contribution in [2.75, 3.05) is 13.1 Å². The highest BCUT2D eigenvalue weighted by atomic mass is 32.2. The number of aliphatic imine (C=N–C) groups is 1. The summed E-state index contributed by atoms with van der Waals surface area (Å²) in [7, 11) is -3.16. The molecule has 6 nitrogen and oxygen atoms in total. The van der Waals surface area contributed by atoms with Crippen molar-refractivity contribution in [3.63, 3.8) is 0 Å². The van der Waals surface area contributed by atoms with Crippen LogP contribution in [0.25, 0.3) is 0 Å². The van der Waals surface area contributed by atoms with Crippen LogP contribution in [0.4, 0.5) is 5.69 Å². The molecule has 2 fully saturated rings. The Hall–Kier alpha value is -2.38. The van der Waals surface area contributed by atoms with Crippen LogP contribution in [0.5, 0.6) is 11.5 Å². The second-order valence-electron chi connectivity index (χ2n) is 6.97.